The molecule has 1 aliphatic heterocycles. The standard InChI is InChI=1S/C3H4N3.Na.2H2O/c1-2-4-6-5-3-1;;;/h1-3,6H;;2*1H2/q-1;+1;;. The van der Waals surface area contributed by atoms with Crippen LogP contribution in [0.1, 0.15) is 0 Å². The molecule has 0 radical (unpaired) electrons. The topological polar surface area (TPSA) is 101 Å². The maximum atomic E-state index is 3.55. The average Bonchev–Trinajstić information content (AvgIpc) is 1.72. The molecule has 0 unspecified atom stereocenters. The quantitative estimate of drug-likeness (QED) is 0.339. The van der Waals surface area contributed by atoms with Crippen LogP contribution in [-0.2, 0) is 0 Å². The van der Waals surface area contributed by atoms with Gasteiger partial charge in [0.2, 0.25) is 0 Å². The molecule has 1 heterocycles. The molecule has 1 aliphatic rings. The molecular formula is C3H8N3NaO2. The van der Waals surface area contributed by atoms with Crippen molar-refractivity contribution in [3.8, 4) is 0 Å². The first-order valence-corrected chi connectivity index (χ1v) is 1.63. The molecule has 5 nitrogen and oxygen atoms in total. The Hall–Kier alpha value is -0.0700. The summed E-state index contributed by atoms with van der Waals surface area (Å²) in [6.45, 7) is 0. The van der Waals surface area contributed by atoms with Crippen molar-refractivity contribution in [3.63, 3.8) is 0 Å². The Labute approximate surface area is 75.1 Å². The van der Waals surface area contributed by atoms with E-state index in [2.05, 4.69) is 16.1 Å². The second kappa shape index (κ2) is 10.8. The number of rotatable bonds is 0. The number of hydrazone groups is 1. The first-order valence-electron chi connectivity index (χ1n) is 1.63. The molecule has 48 valence electrons. The second-order valence-electron chi connectivity index (χ2n) is 0.849. The van der Waals surface area contributed by atoms with Crippen LogP contribution in [0.4, 0.5) is 0 Å². The van der Waals surface area contributed by atoms with E-state index in [9.17, 15) is 0 Å². The molecule has 6 heteroatoms. The first kappa shape index (κ1) is 16.0. The van der Waals surface area contributed by atoms with Gasteiger partial charge in [-0.2, -0.15) is 6.20 Å². The van der Waals surface area contributed by atoms with E-state index in [0.29, 0.717) is 0 Å². The summed E-state index contributed by atoms with van der Waals surface area (Å²) in [5, 5.41) is 3.55. The van der Waals surface area contributed by atoms with Crippen LogP contribution in [0, 0.1) is 0 Å². The van der Waals surface area contributed by atoms with Gasteiger partial charge in [-0.15, -0.1) is 0 Å². The molecule has 0 bridgehead atoms. The molecule has 0 aliphatic carbocycles. The van der Waals surface area contributed by atoms with Crippen LogP contribution < -0.4 is 35.1 Å². The van der Waals surface area contributed by atoms with E-state index in [1.54, 1.807) is 18.5 Å². The van der Waals surface area contributed by atoms with Gasteiger partial charge in [0.1, 0.15) is 0 Å². The van der Waals surface area contributed by atoms with Crippen LogP contribution in [-0.4, -0.2) is 17.2 Å². The van der Waals surface area contributed by atoms with Crippen LogP contribution in [0.15, 0.2) is 17.4 Å². The minimum atomic E-state index is 0. The van der Waals surface area contributed by atoms with Crippen molar-refractivity contribution in [1.29, 1.82) is 0 Å². The molecule has 0 amide bonds. The maximum Gasteiger partial charge on any atom is 1.00 e. The molecule has 0 saturated heterocycles. The zero-order valence-electron chi connectivity index (χ0n) is 5.13. The van der Waals surface area contributed by atoms with Crippen molar-refractivity contribution in [3.05, 3.63) is 17.7 Å². The molecule has 5 N–H and O–H groups in total. The van der Waals surface area contributed by atoms with E-state index in [1.807, 2.05) is 0 Å². The third kappa shape index (κ3) is 7.93. The fourth-order valence-corrected chi connectivity index (χ4v) is 0.225. The number of nitrogens with one attached hydrogen (secondary N) is 1. The minimum Gasteiger partial charge on any atom is -0.586 e. The predicted molar refractivity (Wildman–Crippen MR) is 31.4 cm³/mol. The molecular weight excluding hydrogens is 133 g/mol. The van der Waals surface area contributed by atoms with Gasteiger partial charge in [-0.05, 0) is 0 Å². The van der Waals surface area contributed by atoms with Gasteiger partial charge in [0.15, 0.2) is 0 Å². The van der Waals surface area contributed by atoms with E-state index in [-0.39, 0.29) is 40.5 Å². The number of hydrogen-bond acceptors (Lipinski definition) is 2. The normalized spacial score (nSPS) is 10.7. The van der Waals surface area contributed by atoms with Crippen molar-refractivity contribution >= 4 is 6.21 Å². The van der Waals surface area contributed by atoms with Gasteiger partial charge in [-0.1, -0.05) is 6.08 Å². The van der Waals surface area contributed by atoms with E-state index in [1.165, 1.54) is 0 Å². The largest absolute Gasteiger partial charge is 1.00 e. The van der Waals surface area contributed by atoms with Gasteiger partial charge in [0.05, 0.1) is 0 Å². The fraction of sp³-hybridized carbons (Fsp3) is 0. The molecule has 0 fully saturated rings. The van der Waals surface area contributed by atoms with Crippen LogP contribution in [0.25, 0.3) is 5.43 Å². The van der Waals surface area contributed by atoms with Gasteiger partial charge in [-0.3, -0.25) is 0 Å². The summed E-state index contributed by atoms with van der Waals surface area (Å²) in [5.41, 5.74) is 5.94. The Bertz CT molecular complexity index is 83.1. The number of nitrogens with zero attached hydrogens (tertiary/aromatic N) is 2. The summed E-state index contributed by atoms with van der Waals surface area (Å²) in [4.78, 5) is 0. The van der Waals surface area contributed by atoms with Gasteiger partial charge >= 0.3 is 29.6 Å². The Morgan fingerprint density at radius 1 is 1.33 bits per heavy atom. The number of allylic oxidation sites excluding steroid dienone is 1. The van der Waals surface area contributed by atoms with Gasteiger partial charge < -0.3 is 21.9 Å². The summed E-state index contributed by atoms with van der Waals surface area (Å²) >= 11 is 0. The van der Waals surface area contributed by atoms with E-state index < -0.39 is 0 Å². The molecule has 0 aromatic carbocycles. The van der Waals surface area contributed by atoms with E-state index in [4.69, 9.17) is 0 Å². The summed E-state index contributed by atoms with van der Waals surface area (Å²) < 4.78 is 0. The van der Waals surface area contributed by atoms with Crippen LogP contribution in [0.2, 0.25) is 0 Å². The van der Waals surface area contributed by atoms with Crippen molar-refractivity contribution in [2.75, 3.05) is 0 Å². The van der Waals surface area contributed by atoms with Crippen molar-refractivity contribution < 1.29 is 40.5 Å². The average molecular weight is 141 g/mol. The Morgan fingerprint density at radius 2 is 2.00 bits per heavy atom. The smallest absolute Gasteiger partial charge is 0.586 e. The summed E-state index contributed by atoms with van der Waals surface area (Å²) in [6.07, 6.45) is 5.01. The van der Waals surface area contributed by atoms with Gasteiger partial charge in [0.25, 0.3) is 0 Å². The van der Waals surface area contributed by atoms with Gasteiger partial charge in [0, 0.05) is 6.21 Å². The van der Waals surface area contributed by atoms with Crippen LogP contribution in [0.3, 0.4) is 0 Å². The molecule has 0 aromatic rings. The summed E-state index contributed by atoms with van der Waals surface area (Å²) in [5.74, 6) is 0. The molecule has 1 rings (SSSR count). The van der Waals surface area contributed by atoms with E-state index >= 15 is 0 Å². The Morgan fingerprint density at radius 3 is 2.11 bits per heavy atom. The third-order valence-corrected chi connectivity index (χ3v) is 0.437. The predicted octanol–water partition coefficient (Wildman–Crippen LogP) is -4.27. The SMILES string of the molecule is C1=C[N-]NN=C1.O.O.[Na+]. The molecule has 0 spiro atoms. The fourth-order valence-electron chi connectivity index (χ4n) is 0.225. The third-order valence-electron chi connectivity index (χ3n) is 0.437. The first-order chi connectivity index (χ1) is 3.00. The Kier molecular flexibility index (Phi) is 19.2. The van der Waals surface area contributed by atoms with Gasteiger partial charge in [-0.25, -0.2) is 5.10 Å². The zero-order valence-corrected chi connectivity index (χ0v) is 7.13. The second-order valence-corrected chi connectivity index (χ2v) is 0.849. The van der Waals surface area contributed by atoms with Crippen LogP contribution >= 0.6 is 0 Å². The molecule has 0 aromatic heterocycles. The minimum absolute atomic E-state index is 0. The molecule has 9 heavy (non-hydrogen) atoms. The molecule has 0 saturated carbocycles. The zero-order chi connectivity index (χ0) is 4.24. The van der Waals surface area contributed by atoms with Crippen molar-refractivity contribution in [2.45, 2.75) is 0 Å². The summed E-state index contributed by atoms with van der Waals surface area (Å²) in [6, 6.07) is 0. The van der Waals surface area contributed by atoms with Crippen molar-refractivity contribution in [1.82, 2.24) is 5.53 Å². The van der Waals surface area contributed by atoms with E-state index in [0.717, 1.165) is 0 Å². The monoisotopic (exact) mass is 141 g/mol. The molecule has 0 atom stereocenters. The number of hydrogen-bond donors (Lipinski definition) is 1. The van der Waals surface area contributed by atoms with Crippen molar-refractivity contribution in [2.24, 2.45) is 5.10 Å². The van der Waals surface area contributed by atoms with Crippen LogP contribution in [0.5, 0.6) is 0 Å². The summed E-state index contributed by atoms with van der Waals surface area (Å²) in [7, 11) is 0. The maximum absolute atomic E-state index is 3.55. The Balaban J connectivity index is -0.000000120.